The van der Waals surface area contributed by atoms with Crippen molar-refractivity contribution >= 4 is 6.03 Å². The second-order valence-electron chi connectivity index (χ2n) is 4.99. The number of carbonyl (C=O) groups excluding carboxylic acids is 1. The largest absolute Gasteiger partial charge is 0.469 e. The molecule has 108 valence electrons. The molecule has 2 aromatic rings. The molecule has 0 saturated heterocycles. The molecule has 0 aliphatic heterocycles. The van der Waals surface area contributed by atoms with Gasteiger partial charge in [0.15, 0.2) is 0 Å². The van der Waals surface area contributed by atoms with E-state index in [1.165, 1.54) is 0 Å². The lowest BCUT2D eigenvalue weighted by molar-refractivity contribution is 0.233. The lowest BCUT2D eigenvalue weighted by Gasteiger charge is -2.17. The van der Waals surface area contributed by atoms with Crippen molar-refractivity contribution in [3.8, 4) is 0 Å². The maximum atomic E-state index is 11.8. The van der Waals surface area contributed by atoms with Crippen LogP contribution in [0, 0.1) is 0 Å². The predicted octanol–water partition coefficient (Wildman–Crippen LogP) is 2.73. The Hall–Kier alpha value is -2.17. The summed E-state index contributed by atoms with van der Waals surface area (Å²) in [6.45, 7) is 3.89. The molecule has 0 radical (unpaired) electrons. The van der Waals surface area contributed by atoms with Crippen molar-refractivity contribution in [1.29, 1.82) is 0 Å². The maximum absolute atomic E-state index is 11.8. The van der Waals surface area contributed by atoms with Crippen LogP contribution in [0.4, 0.5) is 4.79 Å². The highest BCUT2D eigenvalue weighted by Gasteiger charge is 2.12. The van der Waals surface area contributed by atoms with E-state index in [1.807, 2.05) is 38.1 Å². The molecule has 2 unspecified atom stereocenters. The Balaban J connectivity index is 1.71. The Labute approximate surface area is 118 Å². The van der Waals surface area contributed by atoms with Crippen molar-refractivity contribution in [2.75, 3.05) is 0 Å². The molecule has 5 heteroatoms. The summed E-state index contributed by atoms with van der Waals surface area (Å²) in [7, 11) is 0. The van der Waals surface area contributed by atoms with Crippen molar-refractivity contribution in [2.24, 2.45) is 0 Å². The second kappa shape index (κ2) is 6.84. The molecule has 0 bridgehead atoms. The van der Waals surface area contributed by atoms with E-state index in [2.05, 4.69) is 10.6 Å². The number of carbonyl (C=O) groups is 1. The zero-order chi connectivity index (χ0) is 14.4. The second-order valence-corrected chi connectivity index (χ2v) is 4.99. The first-order valence-electron chi connectivity index (χ1n) is 6.75. The van der Waals surface area contributed by atoms with Gasteiger partial charge in [0.05, 0.1) is 12.5 Å². The van der Waals surface area contributed by atoms with Crippen LogP contribution in [-0.4, -0.2) is 18.1 Å². The summed E-state index contributed by atoms with van der Waals surface area (Å²) < 4.78 is 10.5. The quantitative estimate of drug-likeness (QED) is 0.852. The first kappa shape index (κ1) is 14.2. The first-order valence-corrected chi connectivity index (χ1v) is 6.75. The third-order valence-electron chi connectivity index (χ3n) is 2.93. The SMILES string of the molecule is CC(Cc1ccco1)NC(=O)NC(C)Cc1ccco1. The standard InChI is InChI=1S/C15H20N2O3/c1-11(9-13-5-3-7-19-13)16-15(18)17-12(2)10-14-6-4-8-20-14/h3-8,11-12H,9-10H2,1-2H3,(H2,16,17,18). The number of hydrogen-bond donors (Lipinski definition) is 2. The summed E-state index contributed by atoms with van der Waals surface area (Å²) in [6, 6.07) is 7.32. The molecule has 0 spiro atoms. The highest BCUT2D eigenvalue weighted by Crippen LogP contribution is 2.05. The number of urea groups is 1. The van der Waals surface area contributed by atoms with E-state index < -0.39 is 0 Å². The number of nitrogens with one attached hydrogen (secondary N) is 2. The van der Waals surface area contributed by atoms with Crippen LogP contribution in [0.15, 0.2) is 45.6 Å². The molecule has 0 saturated carbocycles. The van der Waals surface area contributed by atoms with Crippen LogP contribution in [-0.2, 0) is 12.8 Å². The molecule has 0 aliphatic carbocycles. The zero-order valence-electron chi connectivity index (χ0n) is 11.8. The molecule has 2 heterocycles. The number of amides is 2. The molecular weight excluding hydrogens is 256 g/mol. The topological polar surface area (TPSA) is 67.4 Å². The van der Waals surface area contributed by atoms with Gasteiger partial charge < -0.3 is 19.5 Å². The van der Waals surface area contributed by atoms with Gasteiger partial charge in [0.25, 0.3) is 0 Å². The summed E-state index contributed by atoms with van der Waals surface area (Å²) in [6.07, 6.45) is 4.61. The normalized spacial score (nSPS) is 13.7. The van der Waals surface area contributed by atoms with Gasteiger partial charge in [-0.15, -0.1) is 0 Å². The summed E-state index contributed by atoms with van der Waals surface area (Å²) in [4.78, 5) is 11.8. The van der Waals surface area contributed by atoms with E-state index in [-0.39, 0.29) is 18.1 Å². The molecule has 0 aromatic carbocycles. The molecule has 2 atom stereocenters. The monoisotopic (exact) mass is 276 g/mol. The van der Waals surface area contributed by atoms with Gasteiger partial charge in [-0.25, -0.2) is 4.79 Å². The van der Waals surface area contributed by atoms with Crippen LogP contribution in [0.1, 0.15) is 25.4 Å². The van der Waals surface area contributed by atoms with Crippen LogP contribution in [0.5, 0.6) is 0 Å². The third-order valence-corrected chi connectivity index (χ3v) is 2.93. The Bertz CT molecular complexity index is 459. The lowest BCUT2D eigenvalue weighted by atomic mass is 10.2. The fourth-order valence-corrected chi connectivity index (χ4v) is 2.05. The van der Waals surface area contributed by atoms with Gasteiger partial charge in [-0.2, -0.15) is 0 Å². The van der Waals surface area contributed by atoms with Gasteiger partial charge >= 0.3 is 6.03 Å². The summed E-state index contributed by atoms with van der Waals surface area (Å²) in [5.74, 6) is 1.72. The number of rotatable bonds is 6. The predicted molar refractivity (Wildman–Crippen MR) is 75.4 cm³/mol. The average molecular weight is 276 g/mol. The highest BCUT2D eigenvalue weighted by atomic mass is 16.3. The fraction of sp³-hybridized carbons (Fsp3) is 0.400. The fourth-order valence-electron chi connectivity index (χ4n) is 2.05. The van der Waals surface area contributed by atoms with Crippen LogP contribution in [0.3, 0.4) is 0 Å². The van der Waals surface area contributed by atoms with Gasteiger partial charge in [-0.3, -0.25) is 0 Å². The molecular formula is C15H20N2O3. The molecule has 2 aromatic heterocycles. The summed E-state index contributed by atoms with van der Waals surface area (Å²) in [5.41, 5.74) is 0. The van der Waals surface area contributed by atoms with Crippen molar-refractivity contribution in [2.45, 2.75) is 38.8 Å². The maximum Gasteiger partial charge on any atom is 0.315 e. The van der Waals surface area contributed by atoms with E-state index in [4.69, 9.17) is 8.83 Å². The van der Waals surface area contributed by atoms with Crippen LogP contribution >= 0.6 is 0 Å². The Morgan fingerprint density at radius 2 is 1.45 bits per heavy atom. The average Bonchev–Trinajstić information content (AvgIpc) is 3.01. The van der Waals surface area contributed by atoms with E-state index in [0.717, 1.165) is 11.5 Å². The van der Waals surface area contributed by atoms with Crippen LogP contribution in [0.2, 0.25) is 0 Å². The lowest BCUT2D eigenvalue weighted by Crippen LogP contribution is -2.45. The molecule has 0 aliphatic rings. The molecule has 20 heavy (non-hydrogen) atoms. The molecule has 5 nitrogen and oxygen atoms in total. The van der Waals surface area contributed by atoms with Crippen molar-refractivity contribution in [3.05, 3.63) is 48.3 Å². The van der Waals surface area contributed by atoms with Gasteiger partial charge in [-0.05, 0) is 38.1 Å². The van der Waals surface area contributed by atoms with Gasteiger partial charge in [0.1, 0.15) is 11.5 Å². The minimum Gasteiger partial charge on any atom is -0.469 e. The summed E-state index contributed by atoms with van der Waals surface area (Å²) in [5, 5.41) is 5.78. The smallest absolute Gasteiger partial charge is 0.315 e. The van der Waals surface area contributed by atoms with Crippen molar-refractivity contribution in [3.63, 3.8) is 0 Å². The third kappa shape index (κ3) is 4.50. The van der Waals surface area contributed by atoms with Crippen molar-refractivity contribution in [1.82, 2.24) is 10.6 Å². The van der Waals surface area contributed by atoms with Crippen LogP contribution in [0.25, 0.3) is 0 Å². The van der Waals surface area contributed by atoms with Crippen LogP contribution < -0.4 is 10.6 Å². The number of hydrogen-bond acceptors (Lipinski definition) is 3. The molecule has 0 fully saturated rings. The molecule has 2 amide bonds. The minimum absolute atomic E-state index is 0.0111. The van der Waals surface area contributed by atoms with E-state index >= 15 is 0 Å². The molecule has 2 N–H and O–H groups in total. The van der Waals surface area contributed by atoms with Gasteiger partial charge in [-0.1, -0.05) is 0 Å². The zero-order valence-corrected chi connectivity index (χ0v) is 11.8. The Morgan fingerprint density at radius 3 is 1.80 bits per heavy atom. The van der Waals surface area contributed by atoms with Crippen molar-refractivity contribution < 1.29 is 13.6 Å². The highest BCUT2D eigenvalue weighted by molar-refractivity contribution is 5.74. The first-order chi connectivity index (χ1) is 9.63. The van der Waals surface area contributed by atoms with E-state index in [0.29, 0.717) is 12.8 Å². The minimum atomic E-state index is -0.178. The van der Waals surface area contributed by atoms with Gasteiger partial charge in [0, 0.05) is 24.9 Å². The van der Waals surface area contributed by atoms with Gasteiger partial charge in [0.2, 0.25) is 0 Å². The Morgan fingerprint density at radius 1 is 1.00 bits per heavy atom. The Kier molecular flexibility index (Phi) is 4.87. The van der Waals surface area contributed by atoms with E-state index in [9.17, 15) is 4.79 Å². The number of furan rings is 2. The molecule has 2 rings (SSSR count). The summed E-state index contributed by atoms with van der Waals surface area (Å²) >= 11 is 0. The van der Waals surface area contributed by atoms with E-state index in [1.54, 1.807) is 12.5 Å².